The van der Waals surface area contributed by atoms with E-state index in [9.17, 15) is 9.90 Å². The maximum absolute atomic E-state index is 12.8. The third kappa shape index (κ3) is 3.36. The van der Waals surface area contributed by atoms with Crippen LogP contribution in [0.3, 0.4) is 0 Å². The Balaban J connectivity index is 1.18. The van der Waals surface area contributed by atoms with Crippen molar-refractivity contribution in [2.75, 3.05) is 0 Å². The second-order valence-electron chi connectivity index (χ2n) is 8.99. The molecule has 3 unspecified atom stereocenters. The Hall–Kier alpha value is -1.59. The van der Waals surface area contributed by atoms with Gasteiger partial charge >= 0.3 is 0 Å². The van der Waals surface area contributed by atoms with E-state index in [1.54, 1.807) is 0 Å². The molecule has 0 radical (unpaired) electrons. The van der Waals surface area contributed by atoms with Gasteiger partial charge < -0.3 is 15.3 Å². The van der Waals surface area contributed by atoms with E-state index in [1.165, 1.54) is 0 Å². The monoisotopic (exact) mass is 388 g/mol. The summed E-state index contributed by atoms with van der Waals surface area (Å²) in [6.07, 6.45) is 5.49. The fourth-order valence-corrected chi connectivity index (χ4v) is 6.24. The van der Waals surface area contributed by atoms with Crippen LogP contribution in [0.15, 0.2) is 29.4 Å². The highest BCUT2D eigenvalue weighted by Gasteiger charge is 2.55. The molecule has 1 aliphatic heterocycles. The van der Waals surface area contributed by atoms with Gasteiger partial charge in [-0.3, -0.25) is 4.79 Å². The number of carbonyl (C=O) groups is 1. The predicted octanol–water partition coefficient (Wildman–Crippen LogP) is 3.08. The molecule has 0 saturated heterocycles. The Kier molecular flexibility index (Phi) is 4.21. The van der Waals surface area contributed by atoms with Gasteiger partial charge in [0.1, 0.15) is 0 Å². The van der Waals surface area contributed by atoms with Gasteiger partial charge in [-0.1, -0.05) is 28.9 Å². The Morgan fingerprint density at radius 1 is 1.30 bits per heavy atom. The summed E-state index contributed by atoms with van der Waals surface area (Å²) in [4.78, 5) is 18.2. The molecule has 1 aromatic carbocycles. The maximum Gasteiger partial charge on any atom is 0.264 e. The lowest BCUT2D eigenvalue weighted by Crippen LogP contribution is -2.62. The first-order chi connectivity index (χ1) is 13.0. The molecule has 4 bridgehead atoms. The molecule has 6 rings (SSSR count). The standard InChI is InChI=1S/C21H25ClN2O3/c22-16-3-1-2-12(6-16)7-17-8-18(27-24-17)20(25)23-19-14-4-13-5-15(19)11-21(26,9-13)10-14/h1-3,6,13-15,18-19,26H,4-5,7-11H2,(H,23,25). The molecule has 6 heteroatoms. The SMILES string of the molecule is O=C(NC1C2CC3CC1CC(O)(C3)C2)C1CC(Cc2cccc(Cl)c2)=NO1. The van der Waals surface area contributed by atoms with Crippen molar-refractivity contribution in [2.45, 2.75) is 62.7 Å². The number of halogens is 1. The molecule has 4 fully saturated rings. The van der Waals surface area contributed by atoms with Gasteiger partial charge in [0.05, 0.1) is 11.3 Å². The number of nitrogens with one attached hydrogen (secondary N) is 1. The summed E-state index contributed by atoms with van der Waals surface area (Å²) in [5.41, 5.74) is 1.46. The van der Waals surface area contributed by atoms with Crippen molar-refractivity contribution in [1.29, 1.82) is 0 Å². The predicted molar refractivity (Wildman–Crippen MR) is 103 cm³/mol. The number of benzene rings is 1. The summed E-state index contributed by atoms with van der Waals surface area (Å²) < 4.78 is 0. The summed E-state index contributed by atoms with van der Waals surface area (Å²) in [7, 11) is 0. The first-order valence-electron chi connectivity index (χ1n) is 9.96. The molecule has 0 aromatic heterocycles. The van der Waals surface area contributed by atoms with Crippen LogP contribution in [0.5, 0.6) is 0 Å². The van der Waals surface area contributed by atoms with Crippen LogP contribution < -0.4 is 5.32 Å². The fraction of sp³-hybridized carbons (Fsp3) is 0.619. The van der Waals surface area contributed by atoms with Gasteiger partial charge in [0.15, 0.2) is 0 Å². The van der Waals surface area contributed by atoms with Gasteiger partial charge in [-0.15, -0.1) is 0 Å². The fourth-order valence-electron chi connectivity index (χ4n) is 6.03. The van der Waals surface area contributed by atoms with Crippen molar-refractivity contribution in [1.82, 2.24) is 5.32 Å². The van der Waals surface area contributed by atoms with Crippen molar-refractivity contribution in [3.63, 3.8) is 0 Å². The van der Waals surface area contributed by atoms with Gasteiger partial charge in [0, 0.05) is 23.9 Å². The minimum absolute atomic E-state index is 0.0655. The molecule has 5 nitrogen and oxygen atoms in total. The van der Waals surface area contributed by atoms with Crippen LogP contribution in [0.25, 0.3) is 0 Å². The van der Waals surface area contributed by atoms with E-state index in [-0.39, 0.29) is 11.9 Å². The van der Waals surface area contributed by atoms with Crippen molar-refractivity contribution >= 4 is 23.2 Å². The first kappa shape index (κ1) is 17.5. The zero-order valence-electron chi connectivity index (χ0n) is 15.2. The van der Waals surface area contributed by atoms with Crippen LogP contribution in [0, 0.1) is 17.8 Å². The molecule has 27 heavy (non-hydrogen) atoms. The summed E-state index contributed by atoms with van der Waals surface area (Å²) in [5, 5.41) is 18.8. The second-order valence-corrected chi connectivity index (χ2v) is 9.43. The Bertz CT molecular complexity index is 779. The van der Waals surface area contributed by atoms with Crippen LogP contribution in [0.1, 0.15) is 44.1 Å². The highest BCUT2D eigenvalue weighted by Crippen LogP contribution is 2.55. The number of nitrogens with zero attached hydrogens (tertiary/aromatic N) is 1. The minimum Gasteiger partial charge on any atom is -0.390 e. The quantitative estimate of drug-likeness (QED) is 0.832. The molecule has 1 aromatic rings. The molecule has 0 spiro atoms. The molecule has 1 heterocycles. The normalized spacial score (nSPS) is 39.2. The average molecular weight is 389 g/mol. The van der Waals surface area contributed by atoms with Gasteiger partial charge in [0.2, 0.25) is 6.10 Å². The van der Waals surface area contributed by atoms with Gasteiger partial charge in [-0.05, 0) is 67.6 Å². The van der Waals surface area contributed by atoms with Crippen LogP contribution >= 0.6 is 11.6 Å². The van der Waals surface area contributed by atoms with E-state index in [0.29, 0.717) is 35.6 Å². The number of hydrogen-bond acceptors (Lipinski definition) is 4. The van der Waals surface area contributed by atoms with Crippen molar-refractivity contribution in [2.24, 2.45) is 22.9 Å². The van der Waals surface area contributed by atoms with Crippen molar-refractivity contribution < 1.29 is 14.7 Å². The summed E-state index contributed by atoms with van der Waals surface area (Å²) in [6.45, 7) is 0. The second kappa shape index (κ2) is 6.49. The summed E-state index contributed by atoms with van der Waals surface area (Å²) in [5.74, 6) is 1.37. The number of hydrogen-bond donors (Lipinski definition) is 2. The molecular formula is C21H25ClN2O3. The van der Waals surface area contributed by atoms with E-state index in [2.05, 4.69) is 10.5 Å². The molecule has 4 saturated carbocycles. The number of rotatable bonds is 4. The van der Waals surface area contributed by atoms with Crippen molar-refractivity contribution in [3.05, 3.63) is 34.9 Å². The summed E-state index contributed by atoms with van der Waals surface area (Å²) in [6, 6.07) is 7.85. The minimum atomic E-state index is -0.542. The molecule has 144 valence electrons. The van der Waals surface area contributed by atoms with Gasteiger partial charge in [-0.2, -0.15) is 0 Å². The highest BCUT2D eigenvalue weighted by atomic mass is 35.5. The van der Waals surface area contributed by atoms with Crippen LogP contribution in [-0.2, 0) is 16.1 Å². The third-order valence-electron chi connectivity index (χ3n) is 6.87. The van der Waals surface area contributed by atoms with Crippen molar-refractivity contribution in [3.8, 4) is 0 Å². The van der Waals surface area contributed by atoms with Crippen LogP contribution in [0.2, 0.25) is 5.02 Å². The zero-order valence-corrected chi connectivity index (χ0v) is 16.0. The molecule has 3 atom stereocenters. The van der Waals surface area contributed by atoms with Gasteiger partial charge in [0.25, 0.3) is 5.91 Å². The van der Waals surface area contributed by atoms with E-state index in [4.69, 9.17) is 16.4 Å². The van der Waals surface area contributed by atoms with E-state index in [1.807, 2.05) is 24.3 Å². The molecule has 5 aliphatic rings. The lowest BCUT2D eigenvalue weighted by molar-refractivity contribution is -0.151. The lowest BCUT2D eigenvalue weighted by Gasteiger charge is -2.58. The molecule has 4 aliphatic carbocycles. The number of amides is 1. The molecule has 1 amide bonds. The first-order valence-corrected chi connectivity index (χ1v) is 10.3. The zero-order chi connectivity index (χ0) is 18.6. The smallest absolute Gasteiger partial charge is 0.264 e. The summed E-state index contributed by atoms with van der Waals surface area (Å²) >= 11 is 6.03. The molecule has 2 N–H and O–H groups in total. The number of aliphatic hydroxyl groups is 1. The van der Waals surface area contributed by atoms with Gasteiger partial charge in [-0.25, -0.2) is 0 Å². The lowest BCUT2D eigenvalue weighted by atomic mass is 9.52. The largest absolute Gasteiger partial charge is 0.390 e. The Labute approximate surface area is 164 Å². The Morgan fingerprint density at radius 2 is 2.07 bits per heavy atom. The van der Waals surface area contributed by atoms with E-state index >= 15 is 0 Å². The number of carbonyl (C=O) groups excluding carboxylic acids is 1. The maximum atomic E-state index is 12.8. The van der Waals surface area contributed by atoms with E-state index < -0.39 is 11.7 Å². The van der Waals surface area contributed by atoms with Crippen LogP contribution in [-0.4, -0.2) is 34.5 Å². The average Bonchev–Trinajstić information content (AvgIpc) is 3.05. The van der Waals surface area contributed by atoms with Crippen LogP contribution in [0.4, 0.5) is 0 Å². The number of oxime groups is 1. The highest BCUT2D eigenvalue weighted by molar-refractivity contribution is 6.30. The Morgan fingerprint density at radius 3 is 2.78 bits per heavy atom. The molecular weight excluding hydrogens is 364 g/mol. The topological polar surface area (TPSA) is 70.9 Å². The van der Waals surface area contributed by atoms with E-state index in [0.717, 1.165) is 43.4 Å². The third-order valence-corrected chi connectivity index (χ3v) is 7.10.